The van der Waals surface area contributed by atoms with E-state index in [1.165, 1.54) is 18.4 Å². The highest BCUT2D eigenvalue weighted by Gasteiger charge is 2.24. The normalized spacial score (nSPS) is 15.3. The van der Waals surface area contributed by atoms with E-state index in [1.54, 1.807) is 14.2 Å². The zero-order valence-electron chi connectivity index (χ0n) is 19.4. The minimum absolute atomic E-state index is 0.0902. The molecule has 1 amide bonds. The second-order valence-corrected chi connectivity index (χ2v) is 7.89. The standard InChI is InChI=1S/C25H35N5O2/c1-4-27-25(28-17-19-9-7-11-21(15-19)24(31)26-2)29-18-23(30-13-5-6-14-30)20-10-8-12-22(16-20)32-3/h7-12,15-16,23H,4-6,13-14,17-18H2,1-3H3,(H,26,31)(H2,27,28,29). The number of hydrogen-bond donors (Lipinski definition) is 3. The zero-order valence-corrected chi connectivity index (χ0v) is 19.4. The third-order valence-electron chi connectivity index (χ3n) is 5.70. The Hall–Kier alpha value is -3.06. The van der Waals surface area contributed by atoms with E-state index in [1.807, 2.05) is 30.3 Å². The van der Waals surface area contributed by atoms with Gasteiger partial charge in [0.05, 0.1) is 19.7 Å². The van der Waals surface area contributed by atoms with Crippen molar-refractivity contribution in [3.63, 3.8) is 0 Å². The van der Waals surface area contributed by atoms with Crippen LogP contribution in [-0.4, -0.2) is 57.1 Å². The Labute approximate surface area is 191 Å². The molecule has 3 N–H and O–H groups in total. The lowest BCUT2D eigenvalue weighted by atomic mass is 10.1. The van der Waals surface area contributed by atoms with Crippen LogP contribution in [-0.2, 0) is 6.54 Å². The van der Waals surface area contributed by atoms with E-state index in [2.05, 4.69) is 46.0 Å². The average Bonchev–Trinajstić information content (AvgIpc) is 3.37. The number of rotatable bonds is 9. The van der Waals surface area contributed by atoms with Crippen LogP contribution in [0.3, 0.4) is 0 Å². The molecule has 0 aliphatic carbocycles. The van der Waals surface area contributed by atoms with Crippen LogP contribution >= 0.6 is 0 Å². The summed E-state index contributed by atoms with van der Waals surface area (Å²) in [5, 5.41) is 9.53. The van der Waals surface area contributed by atoms with Crippen LogP contribution in [0.1, 0.15) is 47.3 Å². The van der Waals surface area contributed by atoms with Gasteiger partial charge < -0.3 is 20.7 Å². The van der Waals surface area contributed by atoms with Gasteiger partial charge in [-0.15, -0.1) is 0 Å². The van der Waals surface area contributed by atoms with Gasteiger partial charge in [0.1, 0.15) is 5.75 Å². The van der Waals surface area contributed by atoms with Crippen LogP contribution in [0.25, 0.3) is 0 Å². The zero-order chi connectivity index (χ0) is 22.8. The minimum Gasteiger partial charge on any atom is -0.497 e. The summed E-state index contributed by atoms with van der Waals surface area (Å²) in [5.41, 5.74) is 2.88. The van der Waals surface area contributed by atoms with Gasteiger partial charge in [0.15, 0.2) is 5.96 Å². The molecule has 1 aliphatic rings. The van der Waals surface area contributed by atoms with Crippen molar-refractivity contribution < 1.29 is 9.53 Å². The molecule has 0 saturated carbocycles. The van der Waals surface area contributed by atoms with Crippen molar-refractivity contribution in [2.24, 2.45) is 4.99 Å². The van der Waals surface area contributed by atoms with Gasteiger partial charge in [-0.05, 0) is 68.2 Å². The number of carbonyl (C=O) groups is 1. The van der Waals surface area contributed by atoms with Crippen molar-refractivity contribution in [1.29, 1.82) is 0 Å². The fourth-order valence-electron chi connectivity index (χ4n) is 4.02. The molecule has 0 spiro atoms. The molecule has 1 heterocycles. The molecule has 7 heteroatoms. The number of ether oxygens (including phenoxy) is 1. The number of methoxy groups -OCH3 is 1. The number of aliphatic imine (C=N–C) groups is 1. The first kappa shape index (κ1) is 23.6. The Morgan fingerprint density at radius 2 is 1.91 bits per heavy atom. The molecular formula is C25H35N5O2. The molecule has 3 rings (SSSR count). The second kappa shape index (κ2) is 12.1. The van der Waals surface area contributed by atoms with E-state index in [9.17, 15) is 4.79 Å². The number of guanidine groups is 1. The van der Waals surface area contributed by atoms with Gasteiger partial charge in [0.2, 0.25) is 0 Å². The predicted octanol–water partition coefficient (Wildman–Crippen LogP) is 2.95. The predicted molar refractivity (Wildman–Crippen MR) is 129 cm³/mol. The Morgan fingerprint density at radius 1 is 1.12 bits per heavy atom. The van der Waals surface area contributed by atoms with Crippen LogP contribution in [0.2, 0.25) is 0 Å². The minimum atomic E-state index is -0.0902. The molecule has 1 aliphatic heterocycles. The Kier molecular flexibility index (Phi) is 8.92. The number of nitrogens with one attached hydrogen (secondary N) is 3. The van der Waals surface area contributed by atoms with Crippen molar-refractivity contribution in [3.05, 3.63) is 65.2 Å². The van der Waals surface area contributed by atoms with Gasteiger partial charge >= 0.3 is 0 Å². The summed E-state index contributed by atoms with van der Waals surface area (Å²) in [6.07, 6.45) is 2.46. The molecule has 1 unspecified atom stereocenters. The number of hydrogen-bond acceptors (Lipinski definition) is 4. The maximum atomic E-state index is 11.9. The van der Waals surface area contributed by atoms with E-state index in [0.717, 1.165) is 43.5 Å². The number of benzene rings is 2. The highest BCUT2D eigenvalue weighted by Crippen LogP contribution is 2.27. The molecule has 32 heavy (non-hydrogen) atoms. The summed E-state index contributed by atoms with van der Waals surface area (Å²) in [6.45, 7) is 6.28. The maximum absolute atomic E-state index is 11.9. The lowest BCUT2D eigenvalue weighted by molar-refractivity contribution is 0.0963. The van der Waals surface area contributed by atoms with E-state index < -0.39 is 0 Å². The van der Waals surface area contributed by atoms with Crippen LogP contribution in [0.4, 0.5) is 0 Å². The summed E-state index contributed by atoms with van der Waals surface area (Å²) in [4.78, 5) is 19.2. The van der Waals surface area contributed by atoms with Gasteiger partial charge in [-0.25, -0.2) is 4.99 Å². The van der Waals surface area contributed by atoms with Gasteiger partial charge in [-0.1, -0.05) is 24.3 Å². The quantitative estimate of drug-likeness (QED) is 0.415. The largest absolute Gasteiger partial charge is 0.497 e. The summed E-state index contributed by atoms with van der Waals surface area (Å²) < 4.78 is 5.45. The first-order valence-corrected chi connectivity index (χ1v) is 11.4. The second-order valence-electron chi connectivity index (χ2n) is 7.89. The monoisotopic (exact) mass is 437 g/mol. The van der Waals surface area contributed by atoms with Crippen LogP contribution in [0.15, 0.2) is 53.5 Å². The Morgan fingerprint density at radius 3 is 2.62 bits per heavy atom. The van der Waals surface area contributed by atoms with Gasteiger partial charge in [-0.3, -0.25) is 9.69 Å². The lowest BCUT2D eigenvalue weighted by Gasteiger charge is -2.29. The first-order chi connectivity index (χ1) is 15.6. The van der Waals surface area contributed by atoms with E-state index in [0.29, 0.717) is 12.1 Å². The maximum Gasteiger partial charge on any atom is 0.251 e. The van der Waals surface area contributed by atoms with Crippen LogP contribution in [0.5, 0.6) is 5.75 Å². The number of likely N-dealkylation sites (tertiary alicyclic amines) is 1. The van der Waals surface area contributed by atoms with E-state index >= 15 is 0 Å². The van der Waals surface area contributed by atoms with Gasteiger partial charge in [-0.2, -0.15) is 0 Å². The van der Waals surface area contributed by atoms with Crippen molar-refractivity contribution in [3.8, 4) is 5.75 Å². The fourth-order valence-corrected chi connectivity index (χ4v) is 4.02. The van der Waals surface area contributed by atoms with E-state index in [4.69, 9.17) is 9.73 Å². The molecule has 0 radical (unpaired) electrons. The lowest BCUT2D eigenvalue weighted by Crippen LogP contribution is -2.42. The SMILES string of the molecule is CCNC(=NCc1cccc(C(=O)NC)c1)NCC(c1cccc(OC)c1)N1CCCC1. The molecule has 1 atom stereocenters. The molecule has 7 nitrogen and oxygen atoms in total. The Bertz CT molecular complexity index is 909. The van der Waals surface area contributed by atoms with Gasteiger partial charge in [0, 0.05) is 25.7 Å². The molecule has 1 saturated heterocycles. The van der Waals surface area contributed by atoms with Gasteiger partial charge in [0.25, 0.3) is 5.91 Å². The smallest absolute Gasteiger partial charge is 0.251 e. The van der Waals surface area contributed by atoms with Crippen molar-refractivity contribution >= 4 is 11.9 Å². The molecule has 2 aromatic carbocycles. The number of nitrogens with zero attached hydrogens (tertiary/aromatic N) is 2. The molecule has 0 bridgehead atoms. The summed E-state index contributed by atoms with van der Waals surface area (Å²) in [7, 11) is 3.34. The highest BCUT2D eigenvalue weighted by atomic mass is 16.5. The number of carbonyl (C=O) groups excluding carboxylic acids is 1. The Balaban J connectivity index is 1.72. The van der Waals surface area contributed by atoms with E-state index in [-0.39, 0.29) is 11.9 Å². The summed E-state index contributed by atoms with van der Waals surface area (Å²) in [5.74, 6) is 1.56. The third kappa shape index (κ3) is 6.47. The van der Waals surface area contributed by atoms with Crippen LogP contribution < -0.4 is 20.7 Å². The molecular weight excluding hydrogens is 402 g/mol. The topological polar surface area (TPSA) is 78.0 Å². The fraction of sp³-hybridized carbons (Fsp3) is 0.440. The summed E-state index contributed by atoms with van der Waals surface area (Å²) >= 11 is 0. The molecule has 2 aromatic rings. The third-order valence-corrected chi connectivity index (χ3v) is 5.70. The molecule has 0 aromatic heterocycles. The highest BCUT2D eigenvalue weighted by molar-refractivity contribution is 5.94. The number of amides is 1. The van der Waals surface area contributed by atoms with Crippen molar-refractivity contribution in [2.75, 3.05) is 40.3 Å². The summed E-state index contributed by atoms with van der Waals surface area (Å²) in [6, 6.07) is 16.1. The molecule has 172 valence electrons. The first-order valence-electron chi connectivity index (χ1n) is 11.4. The van der Waals surface area contributed by atoms with Crippen LogP contribution in [0, 0.1) is 0 Å². The van der Waals surface area contributed by atoms with Crippen molar-refractivity contribution in [2.45, 2.75) is 32.4 Å². The molecule has 1 fully saturated rings. The van der Waals surface area contributed by atoms with Crippen molar-refractivity contribution in [1.82, 2.24) is 20.9 Å². The average molecular weight is 438 g/mol.